The summed E-state index contributed by atoms with van der Waals surface area (Å²) in [6.45, 7) is 4.07. The van der Waals surface area contributed by atoms with Crippen LogP contribution in [0, 0.1) is 5.92 Å². The van der Waals surface area contributed by atoms with Gasteiger partial charge >= 0.3 is 0 Å². The Hall–Kier alpha value is -2.35. The minimum atomic E-state index is -0.265. The molecule has 1 saturated heterocycles. The summed E-state index contributed by atoms with van der Waals surface area (Å²) >= 11 is 3.34. The number of hydrogen-bond donors (Lipinski definition) is 3. The first-order chi connectivity index (χ1) is 12.0. The molecular weight excluding hydrogens is 384 g/mol. The van der Waals surface area contributed by atoms with Gasteiger partial charge in [0.2, 0.25) is 0 Å². The molecule has 0 saturated carbocycles. The summed E-state index contributed by atoms with van der Waals surface area (Å²) in [5, 5.41) is 0. The van der Waals surface area contributed by atoms with Crippen molar-refractivity contribution in [3.63, 3.8) is 0 Å². The van der Waals surface area contributed by atoms with E-state index in [0.717, 1.165) is 24.0 Å². The van der Waals surface area contributed by atoms with E-state index >= 15 is 0 Å². The van der Waals surface area contributed by atoms with Crippen molar-refractivity contribution in [2.24, 2.45) is 5.92 Å². The molecule has 132 valence electrons. The van der Waals surface area contributed by atoms with Crippen LogP contribution in [0.2, 0.25) is 0 Å². The van der Waals surface area contributed by atoms with Crippen LogP contribution >= 0.6 is 15.9 Å². The molecule has 0 bridgehead atoms. The second-order valence-electron chi connectivity index (χ2n) is 6.24. The lowest BCUT2D eigenvalue weighted by Crippen LogP contribution is -2.36. The Morgan fingerprint density at radius 3 is 2.80 bits per heavy atom. The van der Waals surface area contributed by atoms with Gasteiger partial charge in [0.25, 0.3) is 5.91 Å². The summed E-state index contributed by atoms with van der Waals surface area (Å²) < 4.78 is 0.914. The number of carbonyl (C=O) groups excluding carboxylic acids is 1. The molecule has 7 nitrogen and oxygen atoms in total. The Morgan fingerprint density at radius 2 is 2.08 bits per heavy atom. The Morgan fingerprint density at radius 1 is 1.32 bits per heavy atom. The number of nitrogens with two attached hydrogens (primary N) is 1. The molecule has 3 rings (SSSR count). The molecule has 1 aromatic carbocycles. The monoisotopic (exact) mass is 404 g/mol. The molecule has 1 fully saturated rings. The molecule has 1 amide bonds. The predicted octanol–water partition coefficient (Wildman–Crippen LogP) is 2.81. The first kappa shape index (κ1) is 17.5. The topological polar surface area (TPSA) is 96.2 Å². The zero-order valence-corrected chi connectivity index (χ0v) is 15.6. The van der Waals surface area contributed by atoms with E-state index in [1.165, 1.54) is 12.7 Å². The lowest BCUT2D eigenvalue weighted by atomic mass is 10.0. The van der Waals surface area contributed by atoms with Gasteiger partial charge in [-0.15, -0.1) is 0 Å². The van der Waals surface area contributed by atoms with E-state index in [9.17, 15) is 4.79 Å². The maximum absolute atomic E-state index is 12.2. The smallest absolute Gasteiger partial charge is 0.269 e. The van der Waals surface area contributed by atoms with Gasteiger partial charge in [0.05, 0.1) is 0 Å². The third-order valence-electron chi connectivity index (χ3n) is 4.22. The quantitative estimate of drug-likeness (QED) is 0.677. The van der Waals surface area contributed by atoms with Gasteiger partial charge in [-0.25, -0.2) is 9.97 Å². The normalized spacial score (nSPS) is 17.2. The molecule has 8 heteroatoms. The summed E-state index contributed by atoms with van der Waals surface area (Å²) in [6, 6.07) is 7.07. The van der Waals surface area contributed by atoms with Gasteiger partial charge < -0.3 is 10.6 Å². The molecular formula is C17H21BrN6O. The van der Waals surface area contributed by atoms with Crippen molar-refractivity contribution >= 4 is 39.2 Å². The van der Waals surface area contributed by atoms with Gasteiger partial charge in [-0.3, -0.25) is 15.6 Å². The number of piperidine rings is 1. The number of aromatic nitrogens is 2. The van der Waals surface area contributed by atoms with E-state index in [2.05, 4.69) is 48.6 Å². The highest BCUT2D eigenvalue weighted by atomic mass is 79.9. The van der Waals surface area contributed by atoms with Crippen LogP contribution in [0.15, 0.2) is 35.1 Å². The Bertz CT molecular complexity index is 751. The van der Waals surface area contributed by atoms with Crippen molar-refractivity contribution in [2.75, 3.05) is 29.1 Å². The number of amides is 1. The number of anilines is 3. The van der Waals surface area contributed by atoms with E-state index in [-0.39, 0.29) is 5.91 Å². The lowest BCUT2D eigenvalue weighted by Gasteiger charge is -2.32. The summed E-state index contributed by atoms with van der Waals surface area (Å²) in [4.78, 5) is 22.8. The van der Waals surface area contributed by atoms with Crippen LogP contribution in [-0.4, -0.2) is 29.0 Å². The molecule has 25 heavy (non-hydrogen) atoms. The second-order valence-corrected chi connectivity index (χ2v) is 7.15. The van der Waals surface area contributed by atoms with E-state index in [0.29, 0.717) is 28.8 Å². The molecule has 1 atom stereocenters. The fourth-order valence-electron chi connectivity index (χ4n) is 2.91. The number of nitrogens with zero attached hydrogens (tertiary/aromatic N) is 3. The van der Waals surface area contributed by atoms with Crippen molar-refractivity contribution in [1.29, 1.82) is 0 Å². The van der Waals surface area contributed by atoms with E-state index in [4.69, 9.17) is 5.73 Å². The van der Waals surface area contributed by atoms with E-state index in [1.807, 2.05) is 12.1 Å². The fourth-order valence-corrected chi connectivity index (χ4v) is 3.17. The van der Waals surface area contributed by atoms with Crippen molar-refractivity contribution < 1.29 is 4.79 Å². The predicted molar refractivity (Wildman–Crippen MR) is 102 cm³/mol. The third-order valence-corrected chi connectivity index (χ3v) is 4.75. The van der Waals surface area contributed by atoms with Gasteiger partial charge in [-0.2, -0.15) is 0 Å². The minimum absolute atomic E-state index is 0.265. The highest BCUT2D eigenvalue weighted by molar-refractivity contribution is 9.10. The van der Waals surface area contributed by atoms with Gasteiger partial charge in [-0.05, 0) is 43.0 Å². The van der Waals surface area contributed by atoms with Crippen LogP contribution in [0.1, 0.15) is 30.1 Å². The van der Waals surface area contributed by atoms with Crippen LogP contribution < -0.4 is 21.5 Å². The highest BCUT2D eigenvalue weighted by Crippen LogP contribution is 2.29. The summed E-state index contributed by atoms with van der Waals surface area (Å²) in [6.07, 6.45) is 3.79. The van der Waals surface area contributed by atoms with Gasteiger partial charge in [0.15, 0.2) is 11.6 Å². The maximum Gasteiger partial charge on any atom is 0.269 e. The standard InChI is InChI=1S/C17H21BrN6O/c1-11-3-2-8-24(9-11)16-14(19)15(20-10-21-16)22-23-17(25)12-4-6-13(18)7-5-12/h4-7,10-11H,2-3,8-9,19H2,1H3,(H,23,25)(H,20,21,22). The van der Waals surface area contributed by atoms with Crippen LogP contribution in [0.5, 0.6) is 0 Å². The molecule has 4 N–H and O–H groups in total. The Labute approximate surface area is 155 Å². The summed E-state index contributed by atoms with van der Waals surface area (Å²) in [7, 11) is 0. The molecule has 2 heterocycles. The van der Waals surface area contributed by atoms with Crippen molar-refractivity contribution in [1.82, 2.24) is 15.4 Å². The minimum Gasteiger partial charge on any atom is -0.393 e. The summed E-state index contributed by atoms with van der Waals surface area (Å²) in [5.41, 5.74) is 12.6. The lowest BCUT2D eigenvalue weighted by molar-refractivity contribution is 0.0962. The number of carbonyl (C=O) groups is 1. The number of hydrogen-bond acceptors (Lipinski definition) is 6. The van der Waals surface area contributed by atoms with Crippen LogP contribution in [0.3, 0.4) is 0 Å². The molecule has 0 aliphatic carbocycles. The Kier molecular flexibility index (Phi) is 5.37. The number of halogens is 1. The summed E-state index contributed by atoms with van der Waals surface area (Å²) in [5.74, 6) is 1.45. The number of benzene rings is 1. The zero-order valence-electron chi connectivity index (χ0n) is 14.0. The SMILES string of the molecule is CC1CCCN(c2ncnc(NNC(=O)c3ccc(Br)cc3)c2N)C1. The second kappa shape index (κ2) is 7.69. The molecule has 1 aliphatic heterocycles. The molecule has 1 aliphatic rings. The zero-order chi connectivity index (χ0) is 17.8. The fraction of sp³-hybridized carbons (Fsp3) is 0.353. The van der Waals surface area contributed by atoms with Crippen molar-refractivity contribution in [2.45, 2.75) is 19.8 Å². The third kappa shape index (κ3) is 4.19. The van der Waals surface area contributed by atoms with Gasteiger partial charge in [-0.1, -0.05) is 22.9 Å². The molecule has 1 unspecified atom stereocenters. The first-order valence-electron chi connectivity index (χ1n) is 8.22. The molecule has 0 radical (unpaired) electrons. The Balaban J connectivity index is 1.69. The first-order valence-corrected chi connectivity index (χ1v) is 9.01. The largest absolute Gasteiger partial charge is 0.393 e. The van der Waals surface area contributed by atoms with Gasteiger partial charge in [0.1, 0.15) is 12.0 Å². The molecule has 0 spiro atoms. The van der Waals surface area contributed by atoms with Crippen LogP contribution in [0.25, 0.3) is 0 Å². The number of hydrazine groups is 1. The van der Waals surface area contributed by atoms with Crippen molar-refractivity contribution in [3.8, 4) is 0 Å². The van der Waals surface area contributed by atoms with E-state index < -0.39 is 0 Å². The number of nitrogens with one attached hydrogen (secondary N) is 2. The van der Waals surface area contributed by atoms with Crippen LogP contribution in [-0.2, 0) is 0 Å². The van der Waals surface area contributed by atoms with Crippen molar-refractivity contribution in [3.05, 3.63) is 40.6 Å². The van der Waals surface area contributed by atoms with Crippen LogP contribution in [0.4, 0.5) is 17.3 Å². The number of nitrogen functional groups attached to an aromatic ring is 1. The molecule has 2 aromatic rings. The van der Waals surface area contributed by atoms with E-state index in [1.54, 1.807) is 12.1 Å². The van der Waals surface area contributed by atoms with Gasteiger partial charge in [0, 0.05) is 23.1 Å². The average Bonchev–Trinajstić information content (AvgIpc) is 2.61. The molecule has 1 aromatic heterocycles. The highest BCUT2D eigenvalue weighted by Gasteiger charge is 2.21. The number of rotatable bonds is 4. The average molecular weight is 405 g/mol. The maximum atomic E-state index is 12.2.